The molecule has 102 valence electrons. The summed E-state index contributed by atoms with van der Waals surface area (Å²) < 4.78 is 5.20. The number of ether oxygens (including phenoxy) is 1. The Hall–Kier alpha value is -0.120. The smallest absolute Gasteiger partial charge is 0.0616 e. The molecule has 2 N–H and O–H groups in total. The molecule has 0 aromatic carbocycles. The summed E-state index contributed by atoms with van der Waals surface area (Å²) in [6, 6.07) is 0.920. The van der Waals surface area contributed by atoms with E-state index >= 15 is 0 Å². The van der Waals surface area contributed by atoms with E-state index in [9.17, 15) is 0 Å². The summed E-state index contributed by atoms with van der Waals surface area (Å²) in [5, 5.41) is 12.7. The topological polar surface area (TPSA) is 41.5 Å². The molecule has 0 amide bonds. The second kappa shape index (κ2) is 8.06. The highest BCUT2D eigenvalue weighted by Gasteiger charge is 2.25. The van der Waals surface area contributed by atoms with Crippen molar-refractivity contribution in [2.75, 3.05) is 20.3 Å². The van der Waals surface area contributed by atoms with Gasteiger partial charge in [0.15, 0.2) is 0 Å². The maximum absolute atomic E-state index is 9.04. The van der Waals surface area contributed by atoms with Gasteiger partial charge < -0.3 is 15.2 Å². The molecule has 0 spiro atoms. The Balaban J connectivity index is 2.37. The zero-order chi connectivity index (χ0) is 12.7. The highest BCUT2D eigenvalue weighted by Crippen LogP contribution is 2.30. The van der Waals surface area contributed by atoms with Gasteiger partial charge in [0.1, 0.15) is 0 Å². The monoisotopic (exact) mass is 243 g/mol. The molecular formula is C14H29NO2. The number of aliphatic hydroxyl groups excluding tert-OH is 1. The largest absolute Gasteiger partial charge is 0.396 e. The van der Waals surface area contributed by atoms with E-state index in [0.29, 0.717) is 18.7 Å². The molecule has 3 atom stereocenters. The predicted octanol–water partition coefficient (Wildman–Crippen LogP) is 2.19. The molecule has 1 fully saturated rings. The van der Waals surface area contributed by atoms with Crippen LogP contribution in [0.3, 0.4) is 0 Å². The Bertz CT molecular complexity index is 191. The third-order valence-corrected chi connectivity index (χ3v) is 3.97. The molecule has 17 heavy (non-hydrogen) atoms. The molecule has 0 aromatic heterocycles. The van der Waals surface area contributed by atoms with Crippen molar-refractivity contribution in [2.24, 2.45) is 11.8 Å². The van der Waals surface area contributed by atoms with Crippen molar-refractivity contribution in [1.82, 2.24) is 5.32 Å². The third kappa shape index (κ3) is 5.36. The van der Waals surface area contributed by atoms with E-state index in [-0.39, 0.29) is 6.61 Å². The van der Waals surface area contributed by atoms with E-state index in [1.807, 2.05) is 0 Å². The number of aliphatic hydroxyl groups is 1. The van der Waals surface area contributed by atoms with Crippen molar-refractivity contribution in [3.05, 3.63) is 0 Å². The zero-order valence-electron chi connectivity index (χ0n) is 11.6. The summed E-state index contributed by atoms with van der Waals surface area (Å²) in [5.41, 5.74) is 0. The molecule has 1 aliphatic rings. The van der Waals surface area contributed by atoms with Crippen LogP contribution in [0, 0.1) is 11.8 Å². The summed E-state index contributed by atoms with van der Waals surface area (Å²) >= 11 is 0. The Morgan fingerprint density at radius 3 is 2.71 bits per heavy atom. The minimum absolute atomic E-state index is 0.237. The van der Waals surface area contributed by atoms with Crippen LogP contribution in [0.15, 0.2) is 0 Å². The summed E-state index contributed by atoms with van der Waals surface area (Å²) in [6.07, 6.45) is 6.05. The Morgan fingerprint density at radius 1 is 1.35 bits per heavy atom. The minimum atomic E-state index is 0.237. The molecule has 0 bridgehead atoms. The van der Waals surface area contributed by atoms with Crippen molar-refractivity contribution in [3.63, 3.8) is 0 Å². The molecule has 0 aromatic rings. The normalized spacial score (nSPS) is 27.4. The second-order valence-electron chi connectivity index (χ2n) is 5.70. The van der Waals surface area contributed by atoms with Crippen LogP contribution in [-0.2, 0) is 4.74 Å². The molecule has 0 saturated heterocycles. The van der Waals surface area contributed by atoms with Crippen molar-refractivity contribution in [3.8, 4) is 0 Å². The van der Waals surface area contributed by atoms with Crippen molar-refractivity contribution >= 4 is 0 Å². The second-order valence-corrected chi connectivity index (χ2v) is 5.70. The maximum Gasteiger partial charge on any atom is 0.0616 e. The van der Waals surface area contributed by atoms with Gasteiger partial charge in [-0.1, -0.05) is 26.7 Å². The highest BCUT2D eigenvalue weighted by molar-refractivity contribution is 4.82. The molecule has 1 rings (SSSR count). The fraction of sp³-hybridized carbons (Fsp3) is 1.00. The Kier molecular flexibility index (Phi) is 7.09. The lowest BCUT2D eigenvalue weighted by molar-refractivity contribution is 0.129. The van der Waals surface area contributed by atoms with Crippen LogP contribution in [-0.4, -0.2) is 37.5 Å². The maximum atomic E-state index is 9.04. The van der Waals surface area contributed by atoms with Crippen molar-refractivity contribution < 1.29 is 9.84 Å². The van der Waals surface area contributed by atoms with E-state index in [1.54, 1.807) is 7.11 Å². The van der Waals surface area contributed by atoms with Crippen LogP contribution >= 0.6 is 0 Å². The predicted molar refractivity (Wildman–Crippen MR) is 71.1 cm³/mol. The first-order valence-corrected chi connectivity index (χ1v) is 7.03. The number of methoxy groups -OCH3 is 1. The zero-order valence-corrected chi connectivity index (χ0v) is 11.6. The van der Waals surface area contributed by atoms with Crippen LogP contribution in [0.25, 0.3) is 0 Å². The molecule has 3 nitrogen and oxygen atoms in total. The van der Waals surface area contributed by atoms with E-state index in [0.717, 1.165) is 18.3 Å². The first kappa shape index (κ1) is 14.9. The molecular weight excluding hydrogens is 214 g/mol. The molecule has 0 radical (unpaired) electrons. The Labute approximate surface area is 106 Å². The number of nitrogens with one attached hydrogen (secondary N) is 1. The van der Waals surface area contributed by atoms with Gasteiger partial charge >= 0.3 is 0 Å². The average molecular weight is 243 g/mol. The van der Waals surface area contributed by atoms with Gasteiger partial charge in [0, 0.05) is 25.8 Å². The molecule has 0 heterocycles. The first-order chi connectivity index (χ1) is 8.17. The molecule has 1 aliphatic carbocycles. The minimum Gasteiger partial charge on any atom is -0.396 e. The van der Waals surface area contributed by atoms with Gasteiger partial charge in [-0.3, -0.25) is 0 Å². The van der Waals surface area contributed by atoms with Gasteiger partial charge in [0.2, 0.25) is 0 Å². The lowest BCUT2D eigenvalue weighted by atomic mass is 9.79. The quantitative estimate of drug-likeness (QED) is 0.720. The number of hydrogen-bond donors (Lipinski definition) is 2. The molecule has 0 aliphatic heterocycles. The summed E-state index contributed by atoms with van der Waals surface area (Å²) in [5.74, 6) is 1.65. The Morgan fingerprint density at radius 2 is 2.12 bits per heavy atom. The van der Waals surface area contributed by atoms with Gasteiger partial charge in [-0.05, 0) is 31.1 Å². The van der Waals surface area contributed by atoms with Crippen LogP contribution < -0.4 is 5.32 Å². The van der Waals surface area contributed by atoms with Gasteiger partial charge in [0.05, 0.1) is 6.61 Å². The van der Waals surface area contributed by atoms with Gasteiger partial charge in [-0.2, -0.15) is 0 Å². The van der Waals surface area contributed by atoms with E-state index in [4.69, 9.17) is 9.84 Å². The van der Waals surface area contributed by atoms with Crippen LogP contribution in [0.1, 0.15) is 46.0 Å². The number of rotatable bonds is 7. The van der Waals surface area contributed by atoms with E-state index < -0.39 is 0 Å². The van der Waals surface area contributed by atoms with Crippen LogP contribution in [0.4, 0.5) is 0 Å². The fourth-order valence-corrected chi connectivity index (χ4v) is 2.89. The number of hydrogen-bond acceptors (Lipinski definition) is 3. The lowest BCUT2D eigenvalue weighted by Crippen LogP contribution is -2.44. The van der Waals surface area contributed by atoms with Gasteiger partial charge in [-0.15, -0.1) is 0 Å². The first-order valence-electron chi connectivity index (χ1n) is 7.03. The third-order valence-electron chi connectivity index (χ3n) is 3.97. The summed E-state index contributed by atoms with van der Waals surface area (Å²) in [6.45, 7) is 5.59. The molecule has 1 saturated carbocycles. The van der Waals surface area contributed by atoms with Crippen LogP contribution in [0.2, 0.25) is 0 Å². The van der Waals surface area contributed by atoms with Crippen molar-refractivity contribution in [2.45, 2.75) is 58.0 Å². The fourth-order valence-electron chi connectivity index (χ4n) is 2.89. The summed E-state index contributed by atoms with van der Waals surface area (Å²) in [4.78, 5) is 0. The lowest BCUT2D eigenvalue weighted by Gasteiger charge is -2.34. The standard InChI is InChI=1S/C14H29NO2/c1-11(2)12-5-4-6-13(9-12)15-14(7-8-16)10-17-3/h11-16H,4-10H2,1-3H3. The average Bonchev–Trinajstić information content (AvgIpc) is 2.30. The molecule has 3 heteroatoms. The van der Waals surface area contributed by atoms with Crippen LogP contribution in [0.5, 0.6) is 0 Å². The SMILES string of the molecule is COCC(CCO)NC1CCCC(C(C)C)C1. The van der Waals surface area contributed by atoms with Gasteiger partial charge in [-0.25, -0.2) is 0 Å². The highest BCUT2D eigenvalue weighted by atomic mass is 16.5. The molecule has 3 unspecified atom stereocenters. The van der Waals surface area contributed by atoms with Crippen molar-refractivity contribution in [1.29, 1.82) is 0 Å². The van der Waals surface area contributed by atoms with E-state index in [2.05, 4.69) is 19.2 Å². The van der Waals surface area contributed by atoms with Gasteiger partial charge in [0.25, 0.3) is 0 Å². The van der Waals surface area contributed by atoms with E-state index in [1.165, 1.54) is 25.7 Å². The summed E-state index contributed by atoms with van der Waals surface area (Å²) in [7, 11) is 1.73.